The molecule has 0 aromatic heterocycles. The van der Waals surface area contributed by atoms with Crippen LogP contribution in [0.3, 0.4) is 0 Å². The zero-order valence-corrected chi connectivity index (χ0v) is 13.3. The number of hydrogen-bond donors (Lipinski definition) is 0. The minimum absolute atomic E-state index is 0.0634. The molecule has 0 saturated carbocycles. The van der Waals surface area contributed by atoms with Gasteiger partial charge in [0.1, 0.15) is 11.2 Å². The number of esters is 2. The first-order valence-corrected chi connectivity index (χ1v) is 7.03. The van der Waals surface area contributed by atoms with Crippen LogP contribution in [0.4, 0.5) is 5.69 Å². The van der Waals surface area contributed by atoms with Crippen LogP contribution >= 0.6 is 0 Å². The van der Waals surface area contributed by atoms with Crippen molar-refractivity contribution in [1.29, 1.82) is 0 Å². The number of nitro benzene ring substituents is 1. The maximum atomic E-state index is 12.1. The van der Waals surface area contributed by atoms with E-state index in [2.05, 4.69) is 0 Å². The third-order valence-electron chi connectivity index (χ3n) is 3.76. The summed E-state index contributed by atoms with van der Waals surface area (Å²) in [5.41, 5.74) is -0.613. The van der Waals surface area contributed by atoms with Crippen LogP contribution in [0, 0.1) is 10.1 Å². The largest absolute Gasteiger partial charge is 0.454 e. The van der Waals surface area contributed by atoms with Gasteiger partial charge in [-0.2, -0.15) is 0 Å². The van der Waals surface area contributed by atoms with Crippen molar-refractivity contribution in [2.75, 3.05) is 6.61 Å². The molecule has 0 bridgehead atoms. The zero-order chi connectivity index (χ0) is 18.1. The molecule has 0 N–H and O–H groups in total. The molecule has 0 saturated heterocycles. The molecular weight excluding hydrogens is 318 g/mol. The van der Waals surface area contributed by atoms with Crippen LogP contribution in [0.2, 0.25) is 0 Å². The van der Waals surface area contributed by atoms with Crippen molar-refractivity contribution >= 4 is 23.4 Å². The Morgan fingerprint density at radius 1 is 1.25 bits per heavy atom. The predicted molar refractivity (Wildman–Crippen MR) is 81.3 cm³/mol. The van der Waals surface area contributed by atoms with E-state index in [1.807, 2.05) is 0 Å². The topological polar surface area (TPSA) is 113 Å². The van der Waals surface area contributed by atoms with E-state index in [1.54, 1.807) is 20.8 Å². The number of carbonyl (C=O) groups is 3. The van der Waals surface area contributed by atoms with Crippen molar-refractivity contribution in [3.8, 4) is 0 Å². The number of ether oxygens (including phenoxy) is 2. The SMILES string of the molecule is CC1=C(C(=O)COC(=O)c2ccc([N+](=O)[O-])cc2)C(=O)OC1(C)C. The summed E-state index contributed by atoms with van der Waals surface area (Å²) in [4.78, 5) is 45.7. The Labute approximate surface area is 137 Å². The van der Waals surface area contributed by atoms with E-state index in [-0.39, 0.29) is 16.8 Å². The minimum Gasteiger partial charge on any atom is -0.454 e. The number of ketones is 1. The van der Waals surface area contributed by atoms with Crippen LogP contribution in [0.5, 0.6) is 0 Å². The van der Waals surface area contributed by atoms with Gasteiger partial charge in [-0.1, -0.05) is 0 Å². The first-order chi connectivity index (χ1) is 11.1. The number of nitro groups is 1. The highest BCUT2D eigenvalue weighted by Gasteiger charge is 2.40. The third-order valence-corrected chi connectivity index (χ3v) is 3.76. The Morgan fingerprint density at radius 3 is 2.29 bits per heavy atom. The molecule has 2 rings (SSSR count). The van der Waals surface area contributed by atoms with E-state index in [0.717, 1.165) is 12.1 Å². The normalized spacial score (nSPS) is 15.9. The number of benzene rings is 1. The number of cyclic esters (lactones) is 1. The van der Waals surface area contributed by atoms with Gasteiger partial charge in [0.25, 0.3) is 5.69 Å². The molecule has 1 aliphatic heterocycles. The van der Waals surface area contributed by atoms with Crippen LogP contribution in [0.25, 0.3) is 0 Å². The number of rotatable bonds is 5. The molecule has 1 aliphatic rings. The van der Waals surface area contributed by atoms with Gasteiger partial charge < -0.3 is 9.47 Å². The van der Waals surface area contributed by atoms with Gasteiger partial charge in [-0.15, -0.1) is 0 Å². The smallest absolute Gasteiger partial charge is 0.342 e. The highest BCUT2D eigenvalue weighted by atomic mass is 16.6. The van der Waals surface area contributed by atoms with Crippen LogP contribution in [-0.4, -0.2) is 34.9 Å². The lowest BCUT2D eigenvalue weighted by Gasteiger charge is -2.17. The van der Waals surface area contributed by atoms with Crippen molar-refractivity contribution in [2.24, 2.45) is 0 Å². The second-order valence-electron chi connectivity index (χ2n) is 5.70. The van der Waals surface area contributed by atoms with E-state index in [1.165, 1.54) is 12.1 Å². The Kier molecular flexibility index (Phi) is 4.50. The number of nitrogens with zero attached hydrogens (tertiary/aromatic N) is 1. The van der Waals surface area contributed by atoms with Crippen molar-refractivity contribution in [3.63, 3.8) is 0 Å². The fourth-order valence-electron chi connectivity index (χ4n) is 2.14. The van der Waals surface area contributed by atoms with Gasteiger partial charge >= 0.3 is 11.9 Å². The number of hydrogen-bond acceptors (Lipinski definition) is 7. The van der Waals surface area contributed by atoms with E-state index in [4.69, 9.17) is 9.47 Å². The molecule has 1 aromatic carbocycles. The van der Waals surface area contributed by atoms with Crippen molar-refractivity contribution in [3.05, 3.63) is 51.1 Å². The monoisotopic (exact) mass is 333 g/mol. The minimum atomic E-state index is -0.871. The van der Waals surface area contributed by atoms with Crippen LogP contribution < -0.4 is 0 Å². The second kappa shape index (κ2) is 6.23. The summed E-state index contributed by atoms with van der Waals surface area (Å²) in [6.07, 6.45) is 0. The van der Waals surface area contributed by atoms with Crippen LogP contribution in [-0.2, 0) is 19.1 Å². The number of carbonyl (C=O) groups excluding carboxylic acids is 3. The van der Waals surface area contributed by atoms with Gasteiger partial charge in [0.05, 0.1) is 10.5 Å². The summed E-state index contributed by atoms with van der Waals surface area (Å²) in [5.74, 6) is -2.21. The van der Waals surface area contributed by atoms with Gasteiger partial charge in [0.2, 0.25) is 5.78 Å². The Hall–Kier alpha value is -3.03. The average molecular weight is 333 g/mol. The molecular formula is C16H15NO7. The van der Waals surface area contributed by atoms with Gasteiger partial charge in [-0.25, -0.2) is 9.59 Å². The predicted octanol–water partition coefficient (Wildman–Crippen LogP) is 1.97. The van der Waals surface area contributed by atoms with Crippen LogP contribution in [0.1, 0.15) is 31.1 Å². The maximum absolute atomic E-state index is 12.1. The van der Waals surface area contributed by atoms with E-state index in [0.29, 0.717) is 5.57 Å². The van der Waals surface area contributed by atoms with Gasteiger partial charge in [0.15, 0.2) is 6.61 Å². The molecule has 0 fully saturated rings. The first kappa shape index (κ1) is 17.3. The lowest BCUT2D eigenvalue weighted by atomic mass is 9.96. The lowest BCUT2D eigenvalue weighted by molar-refractivity contribution is -0.384. The standard InChI is InChI=1S/C16H15NO7/c1-9-13(15(20)24-16(9,2)3)12(18)8-23-14(19)10-4-6-11(7-5-10)17(21)22/h4-7H,8H2,1-3H3. The summed E-state index contributed by atoms with van der Waals surface area (Å²) >= 11 is 0. The van der Waals surface area contributed by atoms with Gasteiger partial charge in [-0.05, 0) is 38.5 Å². The molecule has 126 valence electrons. The van der Waals surface area contributed by atoms with E-state index < -0.39 is 34.9 Å². The first-order valence-electron chi connectivity index (χ1n) is 7.03. The molecule has 0 aliphatic carbocycles. The molecule has 24 heavy (non-hydrogen) atoms. The summed E-state index contributed by atoms with van der Waals surface area (Å²) in [7, 11) is 0. The lowest BCUT2D eigenvalue weighted by Crippen LogP contribution is -2.21. The van der Waals surface area contributed by atoms with Gasteiger partial charge in [0, 0.05) is 12.1 Å². The van der Waals surface area contributed by atoms with Gasteiger partial charge in [-0.3, -0.25) is 14.9 Å². The summed E-state index contributed by atoms with van der Waals surface area (Å²) in [6.45, 7) is 4.30. The van der Waals surface area contributed by atoms with Crippen LogP contribution in [0.15, 0.2) is 35.4 Å². The highest BCUT2D eigenvalue weighted by molar-refractivity contribution is 6.20. The van der Waals surface area contributed by atoms with Crippen molar-refractivity contribution < 1.29 is 28.8 Å². The van der Waals surface area contributed by atoms with E-state index in [9.17, 15) is 24.5 Å². The number of Topliss-reactive ketones (excluding diaryl/α,β-unsaturated/α-hetero) is 1. The molecule has 8 heteroatoms. The summed E-state index contributed by atoms with van der Waals surface area (Å²) in [5, 5.41) is 10.6. The summed E-state index contributed by atoms with van der Waals surface area (Å²) < 4.78 is 9.95. The molecule has 8 nitrogen and oxygen atoms in total. The molecule has 1 aromatic rings. The highest BCUT2D eigenvalue weighted by Crippen LogP contribution is 2.32. The van der Waals surface area contributed by atoms with Crippen molar-refractivity contribution in [1.82, 2.24) is 0 Å². The second-order valence-corrected chi connectivity index (χ2v) is 5.70. The Bertz CT molecular complexity index is 759. The number of non-ortho nitro benzene ring substituents is 1. The zero-order valence-electron chi connectivity index (χ0n) is 13.3. The van der Waals surface area contributed by atoms with E-state index >= 15 is 0 Å². The average Bonchev–Trinajstić information content (AvgIpc) is 2.72. The molecule has 0 amide bonds. The fraction of sp³-hybridized carbons (Fsp3) is 0.312. The molecule has 0 spiro atoms. The molecule has 1 heterocycles. The Morgan fingerprint density at radius 2 is 1.83 bits per heavy atom. The molecule has 0 radical (unpaired) electrons. The van der Waals surface area contributed by atoms with Crippen molar-refractivity contribution in [2.45, 2.75) is 26.4 Å². The molecule has 0 unspecified atom stereocenters. The fourth-order valence-corrected chi connectivity index (χ4v) is 2.14. The Balaban J connectivity index is 2.04. The third kappa shape index (κ3) is 3.32. The maximum Gasteiger partial charge on any atom is 0.342 e. The summed E-state index contributed by atoms with van der Waals surface area (Å²) in [6, 6.07) is 4.76. The molecule has 0 atom stereocenters. The quantitative estimate of drug-likeness (QED) is 0.350.